The van der Waals surface area contributed by atoms with Gasteiger partial charge in [-0.15, -0.1) is 0 Å². The van der Waals surface area contributed by atoms with E-state index in [1.165, 1.54) is 13.0 Å². The van der Waals surface area contributed by atoms with Gasteiger partial charge in [-0.1, -0.05) is 24.3 Å². The van der Waals surface area contributed by atoms with Crippen molar-refractivity contribution in [3.8, 4) is 0 Å². The molecule has 0 unspecified atom stereocenters. The molecule has 0 amide bonds. The summed E-state index contributed by atoms with van der Waals surface area (Å²) in [5.41, 5.74) is 0. The summed E-state index contributed by atoms with van der Waals surface area (Å²) in [7, 11) is 0. The van der Waals surface area contributed by atoms with E-state index in [1.54, 1.807) is 0 Å². The van der Waals surface area contributed by atoms with Gasteiger partial charge in [-0.3, -0.25) is 4.90 Å². The predicted molar refractivity (Wildman–Crippen MR) is 45.0 cm³/mol. The Morgan fingerprint density at radius 1 is 1.50 bits per heavy atom. The minimum Gasteiger partial charge on any atom is -0.296 e. The molecule has 0 N–H and O–H groups in total. The number of hydrogen-bond acceptors (Lipinski definition) is 1. The summed E-state index contributed by atoms with van der Waals surface area (Å²) < 4.78 is 0. The van der Waals surface area contributed by atoms with Gasteiger partial charge in [-0.25, -0.2) is 0 Å². The molecule has 0 aliphatic carbocycles. The normalized spacial score (nSPS) is 20.5. The highest BCUT2D eigenvalue weighted by atomic mass is 15.1. The second-order valence-electron chi connectivity index (χ2n) is 2.59. The van der Waals surface area contributed by atoms with Crippen LogP contribution in [0.5, 0.6) is 0 Å². The Kier molecular flexibility index (Phi) is 3.23. The van der Waals surface area contributed by atoms with Crippen molar-refractivity contribution in [1.82, 2.24) is 4.90 Å². The molecule has 0 saturated carbocycles. The van der Waals surface area contributed by atoms with Crippen molar-refractivity contribution in [2.45, 2.75) is 13.3 Å². The van der Waals surface area contributed by atoms with Crippen LogP contribution in [0.2, 0.25) is 0 Å². The second-order valence-corrected chi connectivity index (χ2v) is 2.59. The maximum absolute atomic E-state index is 2.43. The molecule has 0 atom stereocenters. The van der Waals surface area contributed by atoms with Crippen molar-refractivity contribution in [3.05, 3.63) is 24.3 Å². The van der Waals surface area contributed by atoms with Crippen LogP contribution in [0.4, 0.5) is 0 Å². The molecule has 0 aromatic rings. The summed E-state index contributed by atoms with van der Waals surface area (Å²) in [4.78, 5) is 2.43. The third kappa shape index (κ3) is 2.36. The Balaban J connectivity index is 2.22. The van der Waals surface area contributed by atoms with Crippen LogP contribution in [-0.4, -0.2) is 24.5 Å². The molecule has 0 bridgehead atoms. The van der Waals surface area contributed by atoms with Gasteiger partial charge < -0.3 is 0 Å². The lowest BCUT2D eigenvalue weighted by atomic mass is 10.2. The van der Waals surface area contributed by atoms with Crippen LogP contribution in [-0.2, 0) is 0 Å². The van der Waals surface area contributed by atoms with Gasteiger partial charge in [0, 0.05) is 19.6 Å². The first-order valence-electron chi connectivity index (χ1n) is 3.92. The Hall–Kier alpha value is -0.560. The quantitative estimate of drug-likeness (QED) is 0.525. The molecule has 0 radical (unpaired) electrons. The first kappa shape index (κ1) is 7.55. The standard InChI is InChI=1S/C9H15N/c1-2-3-7-10-8-5-4-6-9-10/h2-5H,6-9H2,1H3/b3-2+. The van der Waals surface area contributed by atoms with Crippen molar-refractivity contribution in [2.75, 3.05) is 19.6 Å². The van der Waals surface area contributed by atoms with Crippen LogP contribution >= 0.6 is 0 Å². The van der Waals surface area contributed by atoms with E-state index < -0.39 is 0 Å². The van der Waals surface area contributed by atoms with Gasteiger partial charge in [-0.05, 0) is 13.3 Å². The van der Waals surface area contributed by atoms with Crippen LogP contribution in [0.1, 0.15) is 13.3 Å². The number of allylic oxidation sites excluding steroid dienone is 1. The molecular formula is C9H15N. The molecule has 10 heavy (non-hydrogen) atoms. The lowest BCUT2D eigenvalue weighted by Gasteiger charge is -2.20. The maximum Gasteiger partial charge on any atom is 0.0166 e. The van der Waals surface area contributed by atoms with Crippen LogP contribution in [0.15, 0.2) is 24.3 Å². The van der Waals surface area contributed by atoms with Crippen LogP contribution in [0.25, 0.3) is 0 Å². The van der Waals surface area contributed by atoms with E-state index in [-0.39, 0.29) is 0 Å². The second kappa shape index (κ2) is 4.29. The first-order valence-corrected chi connectivity index (χ1v) is 3.92. The third-order valence-corrected chi connectivity index (χ3v) is 1.74. The third-order valence-electron chi connectivity index (χ3n) is 1.74. The highest BCUT2D eigenvalue weighted by molar-refractivity contribution is 4.93. The highest BCUT2D eigenvalue weighted by Crippen LogP contribution is 1.99. The molecule has 0 fully saturated rings. The van der Waals surface area contributed by atoms with Crippen LogP contribution < -0.4 is 0 Å². The molecule has 56 valence electrons. The Bertz CT molecular complexity index is 136. The van der Waals surface area contributed by atoms with E-state index in [0.717, 1.165) is 13.1 Å². The summed E-state index contributed by atoms with van der Waals surface area (Å²) in [5.74, 6) is 0. The number of hydrogen-bond donors (Lipinski definition) is 0. The monoisotopic (exact) mass is 137 g/mol. The lowest BCUT2D eigenvalue weighted by Crippen LogP contribution is -2.27. The summed E-state index contributed by atoms with van der Waals surface area (Å²) in [6.45, 7) is 5.53. The summed E-state index contributed by atoms with van der Waals surface area (Å²) >= 11 is 0. The molecule has 1 nitrogen and oxygen atoms in total. The van der Waals surface area contributed by atoms with E-state index in [4.69, 9.17) is 0 Å². The van der Waals surface area contributed by atoms with Crippen molar-refractivity contribution < 1.29 is 0 Å². The fraction of sp³-hybridized carbons (Fsp3) is 0.556. The van der Waals surface area contributed by atoms with Crippen LogP contribution in [0, 0.1) is 0 Å². The van der Waals surface area contributed by atoms with Gasteiger partial charge in [0.2, 0.25) is 0 Å². The summed E-state index contributed by atoms with van der Waals surface area (Å²) in [6, 6.07) is 0. The SMILES string of the molecule is C/C=C/CN1CC=CCC1. The number of rotatable bonds is 2. The van der Waals surface area contributed by atoms with Crippen LogP contribution in [0.3, 0.4) is 0 Å². The molecular weight excluding hydrogens is 122 g/mol. The fourth-order valence-electron chi connectivity index (χ4n) is 1.11. The first-order chi connectivity index (χ1) is 4.93. The van der Waals surface area contributed by atoms with Gasteiger partial charge in [0.1, 0.15) is 0 Å². The van der Waals surface area contributed by atoms with Crippen molar-refractivity contribution >= 4 is 0 Å². The van der Waals surface area contributed by atoms with Crippen molar-refractivity contribution in [1.29, 1.82) is 0 Å². The van der Waals surface area contributed by atoms with Gasteiger partial charge >= 0.3 is 0 Å². The smallest absolute Gasteiger partial charge is 0.0166 e. The maximum atomic E-state index is 2.43. The molecule has 0 spiro atoms. The van der Waals surface area contributed by atoms with Gasteiger partial charge in [0.05, 0.1) is 0 Å². The Morgan fingerprint density at radius 3 is 3.00 bits per heavy atom. The minimum atomic E-state index is 1.11. The average molecular weight is 137 g/mol. The van der Waals surface area contributed by atoms with E-state index in [9.17, 15) is 0 Å². The molecule has 1 heteroatoms. The lowest BCUT2D eigenvalue weighted by molar-refractivity contribution is 0.331. The molecule has 1 heterocycles. The molecule has 1 aliphatic heterocycles. The zero-order chi connectivity index (χ0) is 7.23. The topological polar surface area (TPSA) is 3.24 Å². The van der Waals surface area contributed by atoms with Crippen molar-refractivity contribution in [2.24, 2.45) is 0 Å². The zero-order valence-electron chi connectivity index (χ0n) is 6.59. The summed E-state index contributed by atoms with van der Waals surface area (Å²) in [5, 5.41) is 0. The highest BCUT2D eigenvalue weighted by Gasteiger charge is 2.01. The van der Waals surface area contributed by atoms with E-state index in [1.807, 2.05) is 0 Å². The molecule has 0 aromatic carbocycles. The predicted octanol–water partition coefficient (Wildman–Crippen LogP) is 1.82. The molecule has 1 aliphatic rings. The van der Waals surface area contributed by atoms with E-state index in [0.29, 0.717) is 0 Å². The van der Waals surface area contributed by atoms with Gasteiger partial charge in [0.25, 0.3) is 0 Å². The minimum absolute atomic E-state index is 1.11. The van der Waals surface area contributed by atoms with E-state index >= 15 is 0 Å². The van der Waals surface area contributed by atoms with E-state index in [2.05, 4.69) is 36.1 Å². The Labute approximate surface area is 63.0 Å². The average Bonchev–Trinajstić information content (AvgIpc) is 2.03. The van der Waals surface area contributed by atoms with Gasteiger partial charge in [0.15, 0.2) is 0 Å². The van der Waals surface area contributed by atoms with Crippen molar-refractivity contribution in [3.63, 3.8) is 0 Å². The fourth-order valence-corrected chi connectivity index (χ4v) is 1.11. The zero-order valence-corrected chi connectivity index (χ0v) is 6.59. The summed E-state index contributed by atoms with van der Waals surface area (Å²) in [6.07, 6.45) is 10.0. The molecule has 1 rings (SSSR count). The Morgan fingerprint density at radius 2 is 2.40 bits per heavy atom. The molecule has 0 aromatic heterocycles. The van der Waals surface area contributed by atoms with Gasteiger partial charge in [-0.2, -0.15) is 0 Å². The molecule has 0 saturated heterocycles. The number of nitrogens with zero attached hydrogens (tertiary/aromatic N) is 1. The largest absolute Gasteiger partial charge is 0.296 e.